The van der Waals surface area contributed by atoms with E-state index in [0.29, 0.717) is 23.9 Å². The highest BCUT2D eigenvalue weighted by Crippen LogP contribution is 2.32. The molecule has 122 valence electrons. The molecule has 1 saturated heterocycles. The number of hydrogen-bond donors (Lipinski definition) is 1. The van der Waals surface area contributed by atoms with E-state index in [1.54, 1.807) is 10.4 Å². The molecule has 1 fully saturated rings. The van der Waals surface area contributed by atoms with Crippen molar-refractivity contribution < 1.29 is 8.42 Å². The van der Waals surface area contributed by atoms with Gasteiger partial charge >= 0.3 is 0 Å². The van der Waals surface area contributed by atoms with Crippen molar-refractivity contribution in [1.29, 1.82) is 0 Å². The van der Waals surface area contributed by atoms with Crippen LogP contribution in [-0.2, 0) is 10.0 Å². The molecule has 0 spiro atoms. The Labute approximate surface area is 145 Å². The fraction of sp³-hybridized carbons (Fsp3) is 0.692. The van der Waals surface area contributed by atoms with Crippen LogP contribution in [0.2, 0.25) is 0 Å². The van der Waals surface area contributed by atoms with E-state index in [0.717, 1.165) is 34.6 Å². The van der Waals surface area contributed by atoms with Gasteiger partial charge in [0, 0.05) is 18.0 Å². The minimum atomic E-state index is -3.32. The summed E-state index contributed by atoms with van der Waals surface area (Å²) >= 11 is 4.84. The number of piperidine rings is 1. The van der Waals surface area contributed by atoms with Gasteiger partial charge in [-0.2, -0.15) is 4.31 Å². The fourth-order valence-electron chi connectivity index (χ4n) is 2.53. The minimum Gasteiger partial charge on any atom is -0.317 e. The maximum absolute atomic E-state index is 12.6. The van der Waals surface area contributed by atoms with Gasteiger partial charge in [0.1, 0.15) is 0 Å². The zero-order chi connectivity index (χ0) is 14.8. The Morgan fingerprint density at radius 1 is 1.43 bits per heavy atom. The van der Waals surface area contributed by atoms with Crippen molar-refractivity contribution in [2.24, 2.45) is 5.92 Å². The largest absolute Gasteiger partial charge is 0.317 e. The van der Waals surface area contributed by atoms with E-state index in [1.165, 1.54) is 11.3 Å². The van der Waals surface area contributed by atoms with Gasteiger partial charge in [-0.05, 0) is 60.8 Å². The maximum Gasteiger partial charge on any atom is 0.244 e. The van der Waals surface area contributed by atoms with Crippen molar-refractivity contribution in [3.63, 3.8) is 0 Å². The summed E-state index contributed by atoms with van der Waals surface area (Å²) < 4.78 is 27.8. The van der Waals surface area contributed by atoms with E-state index < -0.39 is 10.0 Å². The monoisotopic (exact) mass is 416 g/mol. The molecule has 1 aromatic heterocycles. The Morgan fingerprint density at radius 2 is 2.05 bits per heavy atom. The van der Waals surface area contributed by atoms with E-state index in [1.807, 2.05) is 6.92 Å². The molecular formula is C13H22BrClN2O2S2. The Hall–Kier alpha value is 0.340. The lowest BCUT2D eigenvalue weighted by Crippen LogP contribution is -2.40. The molecule has 0 amide bonds. The van der Waals surface area contributed by atoms with Crippen molar-refractivity contribution in [2.45, 2.75) is 31.6 Å². The number of hydrogen-bond acceptors (Lipinski definition) is 4. The molecule has 1 aliphatic heterocycles. The van der Waals surface area contributed by atoms with Crippen LogP contribution in [0.4, 0.5) is 0 Å². The first-order chi connectivity index (χ1) is 9.45. The summed E-state index contributed by atoms with van der Waals surface area (Å²) in [6.07, 6.45) is 1.88. The first-order valence-electron chi connectivity index (χ1n) is 6.92. The number of thiophene rings is 1. The molecule has 1 N–H and O–H groups in total. The first-order valence-corrected chi connectivity index (χ1v) is 9.97. The SMILES string of the molecule is CCNCC1CCN(S(=O)(=O)c2cc(Br)sc2C)CC1.Cl. The quantitative estimate of drug-likeness (QED) is 0.800. The van der Waals surface area contributed by atoms with Gasteiger partial charge in [0.2, 0.25) is 10.0 Å². The molecule has 0 atom stereocenters. The van der Waals surface area contributed by atoms with E-state index in [4.69, 9.17) is 0 Å². The molecule has 4 nitrogen and oxygen atoms in total. The molecule has 0 saturated carbocycles. The normalized spacial score (nSPS) is 17.7. The highest BCUT2D eigenvalue weighted by molar-refractivity contribution is 9.11. The van der Waals surface area contributed by atoms with Crippen LogP contribution in [-0.4, -0.2) is 38.9 Å². The highest BCUT2D eigenvalue weighted by Gasteiger charge is 2.31. The van der Waals surface area contributed by atoms with Crippen molar-refractivity contribution in [3.8, 4) is 0 Å². The topological polar surface area (TPSA) is 49.4 Å². The predicted octanol–water partition coefficient (Wildman–Crippen LogP) is 3.25. The van der Waals surface area contributed by atoms with Gasteiger partial charge in [0.05, 0.1) is 8.68 Å². The van der Waals surface area contributed by atoms with Gasteiger partial charge in [0.25, 0.3) is 0 Å². The summed E-state index contributed by atoms with van der Waals surface area (Å²) in [5, 5.41) is 3.34. The summed E-state index contributed by atoms with van der Waals surface area (Å²) in [5.74, 6) is 0.594. The highest BCUT2D eigenvalue weighted by atomic mass is 79.9. The third kappa shape index (κ3) is 4.65. The van der Waals surface area contributed by atoms with Gasteiger partial charge < -0.3 is 5.32 Å². The molecule has 0 bridgehead atoms. The minimum absolute atomic E-state index is 0. The Kier molecular flexibility index (Phi) is 7.63. The van der Waals surface area contributed by atoms with Crippen LogP contribution in [0.25, 0.3) is 0 Å². The fourth-order valence-corrected chi connectivity index (χ4v) is 6.38. The molecule has 0 radical (unpaired) electrons. The summed E-state index contributed by atoms with van der Waals surface area (Å²) in [4.78, 5) is 1.31. The van der Waals surface area contributed by atoms with Gasteiger partial charge in [-0.1, -0.05) is 6.92 Å². The van der Waals surface area contributed by atoms with Crippen molar-refractivity contribution in [3.05, 3.63) is 14.7 Å². The second-order valence-corrected chi connectivity index (χ2v) is 9.67. The van der Waals surface area contributed by atoms with Gasteiger partial charge in [-0.3, -0.25) is 0 Å². The average Bonchev–Trinajstić information content (AvgIpc) is 2.76. The Balaban J connectivity index is 0.00000220. The third-order valence-corrected chi connectivity index (χ3v) is 7.42. The zero-order valence-electron chi connectivity index (χ0n) is 12.3. The lowest BCUT2D eigenvalue weighted by Gasteiger charge is -2.31. The molecule has 2 rings (SSSR count). The Bertz CT molecular complexity index is 555. The smallest absolute Gasteiger partial charge is 0.244 e. The lowest BCUT2D eigenvalue weighted by molar-refractivity contribution is 0.268. The third-order valence-electron chi connectivity index (χ3n) is 3.72. The Morgan fingerprint density at radius 3 is 2.52 bits per heavy atom. The van der Waals surface area contributed by atoms with Crippen molar-refractivity contribution in [1.82, 2.24) is 9.62 Å². The van der Waals surface area contributed by atoms with Crippen LogP contribution in [0.15, 0.2) is 14.7 Å². The first kappa shape index (κ1) is 19.4. The van der Waals surface area contributed by atoms with E-state index >= 15 is 0 Å². The summed E-state index contributed by atoms with van der Waals surface area (Å²) in [6.45, 7) is 7.18. The molecule has 21 heavy (non-hydrogen) atoms. The molecular weight excluding hydrogens is 396 g/mol. The van der Waals surface area contributed by atoms with Crippen molar-refractivity contribution >= 4 is 49.7 Å². The number of sulfonamides is 1. The number of rotatable bonds is 5. The average molecular weight is 418 g/mol. The number of nitrogens with zero attached hydrogens (tertiary/aromatic N) is 1. The zero-order valence-corrected chi connectivity index (χ0v) is 16.3. The molecule has 0 aromatic carbocycles. The molecule has 0 unspecified atom stereocenters. The lowest BCUT2D eigenvalue weighted by atomic mass is 9.98. The van der Waals surface area contributed by atoms with Crippen LogP contribution >= 0.6 is 39.7 Å². The van der Waals surface area contributed by atoms with Crippen LogP contribution in [0.1, 0.15) is 24.6 Å². The summed E-state index contributed by atoms with van der Waals surface area (Å²) in [5.41, 5.74) is 0. The van der Waals surface area contributed by atoms with Crippen LogP contribution in [0.5, 0.6) is 0 Å². The number of halogens is 2. The molecule has 1 aliphatic rings. The molecule has 8 heteroatoms. The van der Waals surface area contributed by atoms with E-state index in [9.17, 15) is 8.42 Å². The van der Waals surface area contributed by atoms with Gasteiger partial charge in [-0.15, -0.1) is 23.7 Å². The molecule has 0 aliphatic carbocycles. The van der Waals surface area contributed by atoms with Crippen LogP contribution in [0.3, 0.4) is 0 Å². The predicted molar refractivity (Wildman–Crippen MR) is 94.0 cm³/mol. The van der Waals surface area contributed by atoms with E-state index in [2.05, 4.69) is 28.2 Å². The van der Waals surface area contributed by atoms with Gasteiger partial charge in [0.15, 0.2) is 0 Å². The number of aryl methyl sites for hydroxylation is 1. The molecule has 2 heterocycles. The summed E-state index contributed by atoms with van der Waals surface area (Å²) in [6, 6.07) is 1.72. The maximum atomic E-state index is 12.6. The molecule has 1 aromatic rings. The van der Waals surface area contributed by atoms with E-state index in [-0.39, 0.29) is 12.4 Å². The van der Waals surface area contributed by atoms with Crippen LogP contribution < -0.4 is 5.32 Å². The van der Waals surface area contributed by atoms with Gasteiger partial charge in [-0.25, -0.2) is 8.42 Å². The summed E-state index contributed by atoms with van der Waals surface area (Å²) in [7, 11) is -3.32. The number of nitrogens with one attached hydrogen (secondary N) is 1. The van der Waals surface area contributed by atoms with Crippen LogP contribution in [0, 0.1) is 12.8 Å². The van der Waals surface area contributed by atoms with Crippen molar-refractivity contribution in [2.75, 3.05) is 26.2 Å². The second-order valence-electron chi connectivity index (χ2n) is 5.13. The standard InChI is InChI=1S/C13H21BrN2O2S2.ClH/c1-3-15-9-11-4-6-16(7-5-11)20(17,18)12-8-13(14)19-10(12)2;/h8,11,15H,3-7,9H2,1-2H3;1H. The second kappa shape index (κ2) is 8.26.